The van der Waals surface area contributed by atoms with E-state index < -0.39 is 33.9 Å². The lowest BCUT2D eigenvalue weighted by atomic mass is 9.93. The van der Waals surface area contributed by atoms with Crippen molar-refractivity contribution in [2.24, 2.45) is 0 Å². The molecule has 3 aromatic rings. The highest BCUT2D eigenvalue weighted by Gasteiger charge is 2.37. The molecule has 0 fully saturated rings. The zero-order chi connectivity index (χ0) is 24.4. The molecule has 2 aromatic carbocycles. The van der Waals surface area contributed by atoms with Gasteiger partial charge in [0, 0.05) is 28.7 Å². The first kappa shape index (κ1) is 25.4. The number of benzene rings is 2. The Balaban J connectivity index is 1.98. The summed E-state index contributed by atoms with van der Waals surface area (Å²) in [5.74, 6) is 0. The van der Waals surface area contributed by atoms with Crippen LogP contribution >= 0.6 is 23.2 Å². The van der Waals surface area contributed by atoms with Gasteiger partial charge in [-0.1, -0.05) is 41.4 Å². The molecule has 0 amide bonds. The maximum absolute atomic E-state index is 12.9. The van der Waals surface area contributed by atoms with Crippen molar-refractivity contribution in [3.8, 4) is 0 Å². The van der Waals surface area contributed by atoms with E-state index in [1.165, 1.54) is 47.7 Å². The zero-order valence-corrected chi connectivity index (χ0v) is 19.5. The topological polar surface area (TPSA) is 88.3 Å². The minimum atomic E-state index is -4.52. The standard InChI is InChI=1S/C20H19Cl2F3N4O3S/c1-33(31,32)29(9-14-2-4-15(5-3-14)20(23,24)25)11-19(30,10-28-13-26-12-27-28)17-7-6-16(21)8-18(17)22/h2-8,12-13,30H,9-11H2,1H3. The predicted molar refractivity (Wildman–Crippen MR) is 117 cm³/mol. The lowest BCUT2D eigenvalue weighted by molar-refractivity contribution is -0.137. The molecule has 0 saturated carbocycles. The first-order valence-corrected chi connectivity index (χ1v) is 12.0. The minimum Gasteiger partial charge on any atom is -0.382 e. The van der Waals surface area contributed by atoms with Crippen LogP contribution in [-0.2, 0) is 34.9 Å². The number of alkyl halides is 3. The molecule has 0 aliphatic carbocycles. The van der Waals surface area contributed by atoms with E-state index in [4.69, 9.17) is 23.2 Å². The summed E-state index contributed by atoms with van der Waals surface area (Å²) < 4.78 is 65.9. The van der Waals surface area contributed by atoms with E-state index in [1.54, 1.807) is 0 Å². The first-order chi connectivity index (χ1) is 15.3. The van der Waals surface area contributed by atoms with Crippen molar-refractivity contribution in [1.82, 2.24) is 19.1 Å². The van der Waals surface area contributed by atoms with Crippen LogP contribution in [0.4, 0.5) is 13.2 Å². The highest BCUT2D eigenvalue weighted by Crippen LogP contribution is 2.34. The summed E-state index contributed by atoms with van der Waals surface area (Å²) >= 11 is 12.3. The summed E-state index contributed by atoms with van der Waals surface area (Å²) in [6.45, 7) is -0.941. The summed E-state index contributed by atoms with van der Waals surface area (Å²) in [5.41, 5.74) is -2.22. The number of nitrogens with zero attached hydrogens (tertiary/aromatic N) is 4. The van der Waals surface area contributed by atoms with E-state index in [-0.39, 0.29) is 23.7 Å². The third kappa shape index (κ3) is 6.45. The van der Waals surface area contributed by atoms with Gasteiger partial charge in [0.2, 0.25) is 10.0 Å². The Bertz CT molecular complexity index is 1210. The second-order valence-corrected chi connectivity index (χ2v) is 10.3. The average Bonchev–Trinajstić information content (AvgIpc) is 3.19. The van der Waals surface area contributed by atoms with Crippen LogP contribution in [0.1, 0.15) is 16.7 Å². The Kier molecular flexibility index (Phi) is 7.39. The lowest BCUT2D eigenvalue weighted by Crippen LogP contribution is -2.46. The van der Waals surface area contributed by atoms with Crippen molar-refractivity contribution in [2.45, 2.75) is 24.9 Å². The fraction of sp³-hybridized carbons (Fsp3) is 0.300. The highest BCUT2D eigenvalue weighted by atomic mass is 35.5. The number of hydrogen-bond acceptors (Lipinski definition) is 5. The van der Waals surface area contributed by atoms with Crippen molar-refractivity contribution in [3.05, 3.63) is 81.9 Å². The minimum absolute atomic E-state index is 0.105. The van der Waals surface area contributed by atoms with Crippen molar-refractivity contribution in [2.75, 3.05) is 12.8 Å². The molecule has 178 valence electrons. The SMILES string of the molecule is CS(=O)(=O)N(Cc1ccc(C(F)(F)F)cc1)CC(O)(Cn1cncn1)c1ccc(Cl)cc1Cl. The van der Waals surface area contributed by atoms with E-state index in [0.717, 1.165) is 22.7 Å². The van der Waals surface area contributed by atoms with E-state index >= 15 is 0 Å². The molecule has 0 aliphatic rings. The first-order valence-electron chi connectivity index (χ1n) is 9.39. The van der Waals surface area contributed by atoms with Crippen LogP contribution < -0.4 is 0 Å². The second-order valence-electron chi connectivity index (χ2n) is 7.47. The molecule has 1 aromatic heterocycles. The van der Waals surface area contributed by atoms with E-state index in [2.05, 4.69) is 10.1 Å². The molecule has 1 unspecified atom stereocenters. The van der Waals surface area contributed by atoms with Crippen LogP contribution in [0.15, 0.2) is 55.1 Å². The molecule has 0 bridgehead atoms. The van der Waals surface area contributed by atoms with Crippen LogP contribution in [0.3, 0.4) is 0 Å². The van der Waals surface area contributed by atoms with Gasteiger partial charge in [0.05, 0.1) is 18.4 Å². The van der Waals surface area contributed by atoms with Gasteiger partial charge in [0.1, 0.15) is 18.3 Å². The number of sulfonamides is 1. The fourth-order valence-electron chi connectivity index (χ4n) is 3.25. The molecular formula is C20H19Cl2F3N4O3S. The number of halogens is 5. The van der Waals surface area contributed by atoms with E-state index in [0.29, 0.717) is 10.6 Å². The maximum Gasteiger partial charge on any atom is 0.416 e. The number of hydrogen-bond donors (Lipinski definition) is 1. The monoisotopic (exact) mass is 522 g/mol. The smallest absolute Gasteiger partial charge is 0.382 e. The molecule has 1 heterocycles. The largest absolute Gasteiger partial charge is 0.416 e. The van der Waals surface area contributed by atoms with Crippen LogP contribution in [0.5, 0.6) is 0 Å². The van der Waals surface area contributed by atoms with Crippen LogP contribution in [0, 0.1) is 0 Å². The number of aromatic nitrogens is 3. The Hall–Kier alpha value is -2.18. The van der Waals surface area contributed by atoms with E-state index in [9.17, 15) is 26.7 Å². The van der Waals surface area contributed by atoms with Crippen LogP contribution in [0.25, 0.3) is 0 Å². The third-order valence-electron chi connectivity index (χ3n) is 4.87. The van der Waals surface area contributed by atoms with Crippen molar-refractivity contribution in [3.63, 3.8) is 0 Å². The number of rotatable bonds is 8. The van der Waals surface area contributed by atoms with Crippen LogP contribution in [-0.4, -0.2) is 45.4 Å². The van der Waals surface area contributed by atoms with E-state index in [1.807, 2.05) is 0 Å². The van der Waals surface area contributed by atoms with Gasteiger partial charge in [0.25, 0.3) is 0 Å². The molecule has 3 rings (SSSR count). The second kappa shape index (κ2) is 9.59. The van der Waals surface area contributed by atoms with Gasteiger partial charge >= 0.3 is 6.18 Å². The Morgan fingerprint density at radius 2 is 1.79 bits per heavy atom. The highest BCUT2D eigenvalue weighted by molar-refractivity contribution is 7.88. The van der Waals surface area contributed by atoms with Gasteiger partial charge in [-0.15, -0.1) is 0 Å². The predicted octanol–water partition coefficient (Wildman–Crippen LogP) is 3.95. The van der Waals surface area contributed by atoms with Gasteiger partial charge in [-0.2, -0.15) is 22.6 Å². The quantitative estimate of drug-likeness (QED) is 0.483. The maximum atomic E-state index is 12.9. The molecule has 7 nitrogen and oxygen atoms in total. The van der Waals surface area contributed by atoms with Gasteiger partial charge in [0.15, 0.2) is 0 Å². The molecule has 33 heavy (non-hydrogen) atoms. The molecule has 0 spiro atoms. The molecule has 0 saturated heterocycles. The Labute approximate surface area is 198 Å². The fourth-order valence-corrected chi connectivity index (χ4v) is 4.67. The molecule has 0 aliphatic heterocycles. The normalized spacial score (nSPS) is 14.4. The Morgan fingerprint density at radius 1 is 1.12 bits per heavy atom. The zero-order valence-electron chi connectivity index (χ0n) is 17.2. The van der Waals surface area contributed by atoms with Gasteiger partial charge in [-0.25, -0.2) is 18.1 Å². The molecule has 1 N–H and O–H groups in total. The average molecular weight is 523 g/mol. The molecule has 13 heteroatoms. The summed E-state index contributed by atoms with van der Waals surface area (Å²) in [4.78, 5) is 3.82. The molecular weight excluding hydrogens is 504 g/mol. The number of aliphatic hydroxyl groups is 1. The van der Waals surface area contributed by atoms with Crippen LogP contribution in [0.2, 0.25) is 10.0 Å². The lowest BCUT2D eigenvalue weighted by Gasteiger charge is -2.34. The summed E-state index contributed by atoms with van der Waals surface area (Å²) in [6.07, 6.45) is -0.981. The molecule has 1 atom stereocenters. The van der Waals surface area contributed by atoms with Crippen molar-refractivity contribution >= 4 is 33.2 Å². The summed E-state index contributed by atoms with van der Waals surface area (Å²) in [5, 5.41) is 16.0. The Morgan fingerprint density at radius 3 is 2.30 bits per heavy atom. The van der Waals surface area contributed by atoms with Crippen molar-refractivity contribution in [1.29, 1.82) is 0 Å². The molecule has 0 radical (unpaired) electrons. The van der Waals surface area contributed by atoms with Gasteiger partial charge < -0.3 is 5.11 Å². The van der Waals surface area contributed by atoms with Gasteiger partial charge in [-0.3, -0.25) is 0 Å². The van der Waals surface area contributed by atoms with Gasteiger partial charge in [-0.05, 0) is 29.8 Å². The summed E-state index contributed by atoms with van der Waals surface area (Å²) in [7, 11) is -3.91. The third-order valence-corrected chi connectivity index (χ3v) is 6.61. The summed E-state index contributed by atoms with van der Waals surface area (Å²) in [6, 6.07) is 8.49. The van der Waals surface area contributed by atoms with Crippen molar-refractivity contribution < 1.29 is 26.7 Å².